The summed E-state index contributed by atoms with van der Waals surface area (Å²) in [6.45, 7) is 7.00. The first-order valence-electron chi connectivity index (χ1n) is 16.2. The zero-order valence-electron chi connectivity index (χ0n) is 25.3. The Hall–Kier alpha value is -3.88. The molecular formula is C34H44N5O4+. The number of amides is 2. The Balaban J connectivity index is 0.950. The van der Waals surface area contributed by atoms with E-state index < -0.39 is 0 Å². The number of anilines is 1. The van der Waals surface area contributed by atoms with Crippen LogP contribution >= 0.6 is 0 Å². The monoisotopic (exact) mass is 586 g/mol. The van der Waals surface area contributed by atoms with Gasteiger partial charge >= 0.3 is 6.09 Å². The highest BCUT2D eigenvalue weighted by atomic mass is 16.6. The van der Waals surface area contributed by atoms with E-state index >= 15 is 0 Å². The van der Waals surface area contributed by atoms with Crippen LogP contribution in [0.5, 0.6) is 11.5 Å². The summed E-state index contributed by atoms with van der Waals surface area (Å²) in [7, 11) is 0. The van der Waals surface area contributed by atoms with E-state index in [9.17, 15) is 9.59 Å². The van der Waals surface area contributed by atoms with E-state index in [4.69, 9.17) is 14.5 Å². The first kappa shape index (κ1) is 29.2. The van der Waals surface area contributed by atoms with Crippen LogP contribution < -0.4 is 35.6 Å². The van der Waals surface area contributed by atoms with Gasteiger partial charge in [-0.25, -0.2) is 14.4 Å². The molecule has 3 aliphatic heterocycles. The SMILES string of the molecule is CCN1CCc2cc3c(cc21)Oc1cc2c(cc1=N3)CC[N+]=2CCCC(=O)NCCCNC(=O)O[C@H]1CC/C=C/CCC1. The van der Waals surface area contributed by atoms with Gasteiger partial charge in [-0.1, -0.05) is 12.2 Å². The Bertz CT molecular complexity index is 1520. The summed E-state index contributed by atoms with van der Waals surface area (Å²) in [5, 5.41) is 7.88. The molecule has 228 valence electrons. The standard InChI is InChI=1S/C34H43N5O4/c1-2-38-18-13-24-20-27-31(22-29(24)38)43-32-23-30-25(21-28(32)37-27)14-19-39(30)17-8-12-33(40)35-15-9-16-36-34(41)42-26-10-6-4-3-5-7-11-26/h3-4,20-23,26H,2,5-19H2,1H3,(H-,35,36,40,41)/p+1/b4-3+/t26-/m0/s1. The highest BCUT2D eigenvalue weighted by molar-refractivity contribution is 5.75. The van der Waals surface area contributed by atoms with Crippen LogP contribution in [0.15, 0.2) is 41.4 Å². The Morgan fingerprint density at radius 3 is 2.81 bits per heavy atom. The van der Waals surface area contributed by atoms with Crippen molar-refractivity contribution in [3.8, 4) is 11.5 Å². The number of allylic oxidation sites excluding steroid dienone is 2. The van der Waals surface area contributed by atoms with Gasteiger partial charge in [0.25, 0.3) is 0 Å². The van der Waals surface area contributed by atoms with Crippen LogP contribution in [0.1, 0.15) is 69.4 Å². The Morgan fingerprint density at radius 2 is 1.91 bits per heavy atom. The molecule has 2 N–H and O–H groups in total. The summed E-state index contributed by atoms with van der Waals surface area (Å²) < 4.78 is 14.3. The number of alkyl carbamates (subject to hydrolysis) is 1. The summed E-state index contributed by atoms with van der Waals surface area (Å²) in [6.07, 6.45) is 12.8. The molecule has 9 nitrogen and oxygen atoms in total. The molecule has 4 aliphatic rings. The molecule has 3 heterocycles. The molecule has 1 aliphatic carbocycles. The molecule has 9 heteroatoms. The number of benzene rings is 2. The zero-order chi connectivity index (χ0) is 29.6. The van der Waals surface area contributed by atoms with Gasteiger partial charge in [0.2, 0.25) is 11.3 Å². The molecule has 0 bridgehead atoms. The average molecular weight is 587 g/mol. The lowest BCUT2D eigenvalue weighted by molar-refractivity contribution is -0.121. The molecule has 2 aromatic carbocycles. The van der Waals surface area contributed by atoms with Gasteiger partial charge in [0.05, 0.1) is 6.07 Å². The van der Waals surface area contributed by atoms with Crippen molar-refractivity contribution in [1.29, 1.82) is 0 Å². The molecule has 0 fully saturated rings. The fourth-order valence-electron chi connectivity index (χ4n) is 6.55. The topological polar surface area (TPSA) is 95.3 Å². The molecule has 0 saturated carbocycles. The second-order valence-corrected chi connectivity index (χ2v) is 11.9. The Morgan fingerprint density at radius 1 is 1.02 bits per heavy atom. The first-order chi connectivity index (χ1) is 21.1. The lowest BCUT2D eigenvalue weighted by Gasteiger charge is -2.20. The van der Waals surface area contributed by atoms with Crippen molar-refractivity contribution in [3.05, 3.63) is 58.3 Å². The summed E-state index contributed by atoms with van der Waals surface area (Å²) >= 11 is 0. The number of ether oxygens (including phenoxy) is 2. The average Bonchev–Trinajstić information content (AvgIpc) is 3.57. The number of nitrogens with one attached hydrogen (secondary N) is 2. The van der Waals surface area contributed by atoms with Crippen molar-refractivity contribution in [2.45, 2.75) is 77.2 Å². The van der Waals surface area contributed by atoms with Gasteiger partial charge < -0.3 is 25.0 Å². The second-order valence-electron chi connectivity index (χ2n) is 11.9. The second kappa shape index (κ2) is 13.6. The van der Waals surface area contributed by atoms with Crippen LogP contribution in [0.3, 0.4) is 0 Å². The van der Waals surface area contributed by atoms with Gasteiger partial charge in [0.1, 0.15) is 30.2 Å². The van der Waals surface area contributed by atoms with Gasteiger partial charge in [0.15, 0.2) is 11.5 Å². The van der Waals surface area contributed by atoms with Crippen LogP contribution in [-0.4, -0.2) is 57.4 Å². The van der Waals surface area contributed by atoms with Crippen molar-refractivity contribution in [1.82, 2.24) is 15.2 Å². The lowest BCUT2D eigenvalue weighted by Crippen LogP contribution is -2.33. The number of hydrogen-bond acceptors (Lipinski definition) is 6. The molecule has 43 heavy (non-hydrogen) atoms. The first-order valence-corrected chi connectivity index (χ1v) is 16.2. The van der Waals surface area contributed by atoms with Gasteiger partial charge in [-0.15, -0.1) is 0 Å². The van der Waals surface area contributed by atoms with Gasteiger partial charge in [-0.3, -0.25) is 4.79 Å². The molecule has 2 aromatic rings. The van der Waals surface area contributed by atoms with E-state index in [-0.39, 0.29) is 18.1 Å². The Labute approximate surface area is 253 Å². The van der Waals surface area contributed by atoms with E-state index in [0.29, 0.717) is 25.9 Å². The van der Waals surface area contributed by atoms with E-state index in [2.05, 4.69) is 63.5 Å². The Kier molecular flexibility index (Phi) is 9.24. The predicted molar refractivity (Wildman–Crippen MR) is 167 cm³/mol. The van der Waals surface area contributed by atoms with Crippen LogP contribution in [0.2, 0.25) is 0 Å². The van der Waals surface area contributed by atoms with Crippen molar-refractivity contribution in [2.75, 3.05) is 44.2 Å². The number of rotatable bonds is 10. The third-order valence-corrected chi connectivity index (χ3v) is 8.92. The number of fused-ring (bicyclic) bond motifs is 4. The van der Waals surface area contributed by atoms with E-state index in [1.807, 2.05) is 0 Å². The molecule has 1 atom stereocenters. The van der Waals surface area contributed by atoms with Gasteiger partial charge in [-0.05, 0) is 69.6 Å². The smallest absolute Gasteiger partial charge is 0.407 e. The minimum absolute atomic E-state index is 0.00973. The van der Waals surface area contributed by atoms with Crippen LogP contribution in [0.4, 0.5) is 16.2 Å². The number of nitrogens with zero attached hydrogens (tertiary/aromatic N) is 3. The molecule has 0 radical (unpaired) electrons. The number of carbonyl (C=O) groups is 2. The highest BCUT2D eigenvalue weighted by Crippen LogP contribution is 2.41. The summed E-state index contributed by atoms with van der Waals surface area (Å²) in [5.41, 5.74) is 4.82. The minimum atomic E-state index is -0.358. The van der Waals surface area contributed by atoms with Crippen LogP contribution in [0, 0.1) is 0 Å². The molecule has 6 rings (SSSR count). The number of hydrogen-bond donors (Lipinski definition) is 2. The zero-order valence-corrected chi connectivity index (χ0v) is 25.3. The fourth-order valence-corrected chi connectivity index (χ4v) is 6.55. The maximum atomic E-state index is 12.4. The van der Waals surface area contributed by atoms with E-state index in [1.165, 1.54) is 22.2 Å². The largest absolute Gasteiger partial charge is 0.452 e. The van der Waals surface area contributed by atoms with Crippen LogP contribution in [0.25, 0.3) is 0 Å². The van der Waals surface area contributed by atoms with Gasteiger partial charge in [0, 0.05) is 62.8 Å². The highest BCUT2D eigenvalue weighted by Gasteiger charge is 2.26. The van der Waals surface area contributed by atoms with Crippen LogP contribution in [-0.2, 0) is 22.4 Å². The molecule has 0 spiro atoms. The summed E-state index contributed by atoms with van der Waals surface area (Å²) in [5.74, 6) is 1.67. The number of carbonyl (C=O) groups excluding carboxylic acids is 2. The van der Waals surface area contributed by atoms with Gasteiger partial charge in [-0.2, -0.15) is 0 Å². The quantitative estimate of drug-likeness (QED) is 0.212. The number of likely N-dealkylation sites (N-methyl/N-ethyl adjacent to an activating group) is 1. The fraction of sp³-hybridized carbons (Fsp3) is 0.529. The molecule has 0 unspecified atom stereocenters. The molecule has 0 aromatic heterocycles. The maximum Gasteiger partial charge on any atom is 0.407 e. The summed E-state index contributed by atoms with van der Waals surface area (Å²) in [6, 6.07) is 8.64. The van der Waals surface area contributed by atoms with Crippen molar-refractivity contribution < 1.29 is 19.1 Å². The lowest BCUT2D eigenvalue weighted by atomic mass is 10.0. The molecule has 2 amide bonds. The predicted octanol–water partition coefficient (Wildman–Crippen LogP) is 4.07. The summed E-state index contributed by atoms with van der Waals surface area (Å²) in [4.78, 5) is 31.9. The molecular weight excluding hydrogens is 542 g/mol. The van der Waals surface area contributed by atoms with Crippen molar-refractivity contribution in [3.63, 3.8) is 0 Å². The third kappa shape index (κ3) is 7.03. The minimum Gasteiger partial charge on any atom is -0.452 e. The third-order valence-electron chi connectivity index (χ3n) is 8.92. The van der Waals surface area contributed by atoms with E-state index in [0.717, 1.165) is 100 Å². The van der Waals surface area contributed by atoms with E-state index in [1.54, 1.807) is 0 Å². The normalized spacial score (nSPS) is 19.0. The molecule has 0 saturated heterocycles. The maximum absolute atomic E-state index is 12.4. The van der Waals surface area contributed by atoms with Crippen molar-refractivity contribution in [2.24, 2.45) is 4.99 Å². The van der Waals surface area contributed by atoms with Crippen molar-refractivity contribution >= 4 is 23.4 Å².